The minimum atomic E-state index is -0.624. The van der Waals surface area contributed by atoms with Gasteiger partial charge >= 0.3 is 0 Å². The monoisotopic (exact) mass is 296 g/mol. The molecule has 0 spiro atoms. The Kier molecular flexibility index (Phi) is 4.62. The van der Waals surface area contributed by atoms with E-state index in [1.165, 1.54) is 0 Å². The average molecular weight is 297 g/mol. The van der Waals surface area contributed by atoms with Gasteiger partial charge < -0.3 is 15.3 Å². The summed E-state index contributed by atoms with van der Waals surface area (Å²) in [6.07, 6.45) is 0.734. The van der Waals surface area contributed by atoms with Gasteiger partial charge in [-0.05, 0) is 31.5 Å². The molecule has 1 aromatic rings. The van der Waals surface area contributed by atoms with Gasteiger partial charge in [-0.15, -0.1) is 0 Å². The number of carbonyl (C=O) groups is 2. The molecule has 1 unspecified atom stereocenters. The van der Waals surface area contributed by atoms with Crippen LogP contribution in [0.15, 0.2) is 18.2 Å². The fourth-order valence-corrected chi connectivity index (χ4v) is 2.32. The van der Waals surface area contributed by atoms with Crippen LogP contribution in [0, 0.1) is 0 Å². The second kappa shape index (κ2) is 6.24. The number of nitrogens with one attached hydrogen (secondary N) is 1. The highest BCUT2D eigenvalue weighted by molar-refractivity contribution is 6.34. The van der Waals surface area contributed by atoms with Crippen LogP contribution in [-0.2, 0) is 4.79 Å². The lowest BCUT2D eigenvalue weighted by Crippen LogP contribution is -2.31. The Bertz CT molecular complexity index is 531. The number of hydrogen-bond donors (Lipinski definition) is 2. The van der Waals surface area contributed by atoms with E-state index in [1.54, 1.807) is 30.0 Å². The summed E-state index contributed by atoms with van der Waals surface area (Å²) < 4.78 is 0. The van der Waals surface area contributed by atoms with Gasteiger partial charge in [0.05, 0.1) is 16.7 Å². The predicted molar refractivity (Wildman–Crippen MR) is 77.1 cm³/mol. The molecule has 1 heterocycles. The number of anilines is 1. The number of aliphatic hydroxyl groups is 1. The molecule has 0 saturated carbocycles. The fourth-order valence-electron chi connectivity index (χ4n) is 2.11. The molecule has 0 aromatic heterocycles. The quantitative estimate of drug-likeness (QED) is 0.886. The molecule has 1 saturated heterocycles. The van der Waals surface area contributed by atoms with Crippen LogP contribution < -0.4 is 10.2 Å². The van der Waals surface area contributed by atoms with Crippen LogP contribution in [0.25, 0.3) is 0 Å². The first kappa shape index (κ1) is 14.8. The zero-order chi connectivity index (χ0) is 14.7. The first-order chi connectivity index (χ1) is 9.49. The summed E-state index contributed by atoms with van der Waals surface area (Å²) in [7, 11) is 0. The van der Waals surface area contributed by atoms with Gasteiger partial charge in [0.15, 0.2) is 0 Å². The maximum atomic E-state index is 12.0. The van der Waals surface area contributed by atoms with Crippen molar-refractivity contribution in [2.75, 3.05) is 18.0 Å². The van der Waals surface area contributed by atoms with Crippen molar-refractivity contribution in [3.05, 3.63) is 28.8 Å². The van der Waals surface area contributed by atoms with E-state index in [4.69, 9.17) is 11.6 Å². The van der Waals surface area contributed by atoms with E-state index in [-0.39, 0.29) is 18.4 Å². The van der Waals surface area contributed by atoms with Gasteiger partial charge in [0.25, 0.3) is 5.91 Å². The number of rotatable bonds is 4. The molecule has 1 atom stereocenters. The van der Waals surface area contributed by atoms with Gasteiger partial charge in [0, 0.05) is 25.2 Å². The molecule has 1 aliphatic rings. The topological polar surface area (TPSA) is 69.6 Å². The van der Waals surface area contributed by atoms with E-state index >= 15 is 0 Å². The van der Waals surface area contributed by atoms with Crippen LogP contribution in [-0.4, -0.2) is 36.1 Å². The lowest BCUT2D eigenvalue weighted by molar-refractivity contribution is -0.117. The van der Waals surface area contributed by atoms with Crippen LogP contribution in [0.3, 0.4) is 0 Å². The van der Waals surface area contributed by atoms with Crippen molar-refractivity contribution in [1.29, 1.82) is 0 Å². The Morgan fingerprint density at radius 2 is 2.30 bits per heavy atom. The molecule has 0 bridgehead atoms. The van der Waals surface area contributed by atoms with Crippen LogP contribution in [0.2, 0.25) is 5.02 Å². The van der Waals surface area contributed by atoms with Crippen molar-refractivity contribution >= 4 is 29.1 Å². The van der Waals surface area contributed by atoms with Gasteiger partial charge in [0.2, 0.25) is 5.91 Å². The molecular weight excluding hydrogens is 280 g/mol. The maximum Gasteiger partial charge on any atom is 0.252 e. The number of benzene rings is 1. The zero-order valence-corrected chi connectivity index (χ0v) is 12.0. The summed E-state index contributed by atoms with van der Waals surface area (Å²) in [6, 6.07) is 4.96. The van der Waals surface area contributed by atoms with E-state index in [2.05, 4.69) is 5.32 Å². The molecule has 1 aromatic carbocycles. The van der Waals surface area contributed by atoms with Crippen molar-refractivity contribution in [1.82, 2.24) is 5.32 Å². The van der Waals surface area contributed by atoms with E-state index < -0.39 is 6.10 Å². The Morgan fingerprint density at radius 1 is 1.55 bits per heavy atom. The smallest absolute Gasteiger partial charge is 0.252 e. The predicted octanol–water partition coefficient (Wildman–Crippen LogP) is 1.58. The lowest BCUT2D eigenvalue weighted by Gasteiger charge is -2.17. The van der Waals surface area contributed by atoms with E-state index in [9.17, 15) is 14.7 Å². The molecule has 0 aliphatic carbocycles. The van der Waals surface area contributed by atoms with Gasteiger partial charge in [0.1, 0.15) is 0 Å². The number of amides is 2. The molecule has 1 aliphatic heterocycles. The number of halogens is 1. The molecule has 5 nitrogen and oxygen atoms in total. The maximum absolute atomic E-state index is 12.0. The fraction of sp³-hybridized carbons (Fsp3) is 0.429. The molecule has 0 radical (unpaired) electrons. The van der Waals surface area contributed by atoms with Crippen molar-refractivity contribution in [2.45, 2.75) is 25.9 Å². The van der Waals surface area contributed by atoms with Crippen molar-refractivity contribution < 1.29 is 14.7 Å². The first-order valence-electron chi connectivity index (χ1n) is 6.55. The van der Waals surface area contributed by atoms with E-state index in [0.717, 1.165) is 6.42 Å². The third kappa shape index (κ3) is 3.29. The zero-order valence-electron chi connectivity index (χ0n) is 11.2. The second-order valence-corrected chi connectivity index (χ2v) is 5.28. The Hall–Kier alpha value is -1.59. The second-order valence-electron chi connectivity index (χ2n) is 4.87. The molecule has 20 heavy (non-hydrogen) atoms. The summed E-state index contributed by atoms with van der Waals surface area (Å²) in [4.78, 5) is 25.4. The van der Waals surface area contributed by atoms with Crippen molar-refractivity contribution in [2.24, 2.45) is 0 Å². The SMILES string of the molecule is CC(O)CNC(=O)c1cc(N2CCCC2=O)ccc1Cl. The van der Waals surface area contributed by atoms with Crippen LogP contribution >= 0.6 is 11.6 Å². The standard InChI is InChI=1S/C14H17ClN2O3/c1-9(18)8-16-14(20)11-7-10(4-5-12(11)15)17-6-2-3-13(17)19/h4-5,7,9,18H,2-3,6,8H2,1H3,(H,16,20). The summed E-state index contributed by atoms with van der Waals surface area (Å²) in [5.41, 5.74) is 0.989. The molecule has 6 heteroatoms. The Labute approximate surface area is 122 Å². The number of aliphatic hydroxyl groups excluding tert-OH is 1. The molecular formula is C14H17ClN2O3. The van der Waals surface area contributed by atoms with Gasteiger partial charge in [-0.1, -0.05) is 11.6 Å². The van der Waals surface area contributed by atoms with Crippen molar-refractivity contribution in [3.8, 4) is 0 Å². The summed E-state index contributed by atoms with van der Waals surface area (Å²) in [6.45, 7) is 2.40. The van der Waals surface area contributed by atoms with Gasteiger partial charge in [-0.2, -0.15) is 0 Å². The highest BCUT2D eigenvalue weighted by Gasteiger charge is 2.23. The van der Waals surface area contributed by atoms with E-state index in [0.29, 0.717) is 29.2 Å². The number of hydrogen-bond acceptors (Lipinski definition) is 3. The minimum absolute atomic E-state index is 0.0580. The molecule has 2 rings (SSSR count). The first-order valence-corrected chi connectivity index (χ1v) is 6.93. The number of carbonyl (C=O) groups excluding carboxylic acids is 2. The van der Waals surface area contributed by atoms with Crippen molar-refractivity contribution in [3.63, 3.8) is 0 Å². The average Bonchev–Trinajstić information content (AvgIpc) is 2.83. The molecule has 2 amide bonds. The summed E-state index contributed by atoms with van der Waals surface area (Å²) >= 11 is 6.02. The highest BCUT2D eigenvalue weighted by atomic mass is 35.5. The van der Waals surface area contributed by atoms with Crippen LogP contribution in [0.5, 0.6) is 0 Å². The van der Waals surface area contributed by atoms with E-state index in [1.807, 2.05) is 0 Å². The third-order valence-electron chi connectivity index (χ3n) is 3.14. The van der Waals surface area contributed by atoms with Gasteiger partial charge in [-0.3, -0.25) is 9.59 Å². The summed E-state index contributed by atoms with van der Waals surface area (Å²) in [5.74, 6) is -0.299. The highest BCUT2D eigenvalue weighted by Crippen LogP contribution is 2.26. The third-order valence-corrected chi connectivity index (χ3v) is 3.47. The largest absolute Gasteiger partial charge is 0.392 e. The summed E-state index contributed by atoms with van der Waals surface area (Å²) in [5, 5.41) is 12.1. The Balaban J connectivity index is 2.20. The minimum Gasteiger partial charge on any atom is -0.392 e. The van der Waals surface area contributed by atoms with Crippen LogP contribution in [0.1, 0.15) is 30.1 Å². The molecule has 2 N–H and O–H groups in total. The van der Waals surface area contributed by atoms with Gasteiger partial charge in [-0.25, -0.2) is 0 Å². The van der Waals surface area contributed by atoms with Crippen LogP contribution in [0.4, 0.5) is 5.69 Å². The Morgan fingerprint density at radius 3 is 2.90 bits per heavy atom. The normalized spacial score (nSPS) is 16.4. The number of nitrogens with zero attached hydrogens (tertiary/aromatic N) is 1. The molecule has 1 fully saturated rings. The lowest BCUT2D eigenvalue weighted by atomic mass is 10.1. The molecule has 108 valence electrons.